The van der Waals surface area contributed by atoms with Gasteiger partial charge in [0.15, 0.2) is 6.10 Å². The molecule has 0 heterocycles. The summed E-state index contributed by atoms with van der Waals surface area (Å²) in [4.78, 5) is 38.1. The van der Waals surface area contributed by atoms with E-state index >= 15 is 0 Å². The number of hydrogen-bond donors (Lipinski definition) is 0. The first-order valence-corrected chi connectivity index (χ1v) is 28.6. The molecule has 0 radical (unpaired) electrons. The second-order valence-corrected chi connectivity index (χ2v) is 21.4. The van der Waals surface area contributed by atoms with Crippen LogP contribution < -0.4 is 0 Å². The van der Waals surface area contributed by atoms with Gasteiger partial charge >= 0.3 is 17.9 Å². The molecule has 0 N–H and O–H groups in total. The summed E-state index contributed by atoms with van der Waals surface area (Å²) in [5.74, 6) is 1.66. The van der Waals surface area contributed by atoms with Crippen LogP contribution in [0.15, 0.2) is 0 Å². The van der Waals surface area contributed by atoms with Crippen molar-refractivity contribution in [3.63, 3.8) is 0 Å². The van der Waals surface area contributed by atoms with E-state index in [0.29, 0.717) is 19.3 Å². The van der Waals surface area contributed by atoms with Crippen LogP contribution in [0.25, 0.3) is 0 Å². The molecule has 380 valence electrons. The molecule has 6 heteroatoms. The third kappa shape index (κ3) is 51.4. The molecule has 0 rings (SSSR count). The predicted octanol–water partition coefficient (Wildman–Crippen LogP) is 18.7. The minimum atomic E-state index is -0.763. The van der Waals surface area contributed by atoms with Crippen LogP contribution in [-0.2, 0) is 28.6 Å². The molecule has 64 heavy (non-hydrogen) atoms. The van der Waals surface area contributed by atoms with E-state index in [1.54, 1.807) is 0 Å². The third-order valence-corrected chi connectivity index (χ3v) is 13.1. The van der Waals surface area contributed by atoms with Crippen molar-refractivity contribution >= 4 is 17.9 Å². The molecule has 0 aromatic carbocycles. The Morgan fingerprint density at radius 2 is 0.453 bits per heavy atom. The van der Waals surface area contributed by atoms with Crippen molar-refractivity contribution in [2.75, 3.05) is 13.2 Å². The first-order chi connectivity index (χ1) is 31.1. The van der Waals surface area contributed by atoms with Gasteiger partial charge in [-0.05, 0) is 37.0 Å². The molecule has 6 nitrogen and oxygen atoms in total. The molecule has 0 bridgehead atoms. The Bertz CT molecular complexity index is 991. The molecule has 1 atom stereocenters. The maximum Gasteiger partial charge on any atom is 0.306 e. The molecule has 0 fully saturated rings. The maximum absolute atomic E-state index is 12.8. The molecule has 0 saturated heterocycles. The average molecular weight is 906 g/mol. The quantitative estimate of drug-likeness (QED) is 0.0344. The summed E-state index contributed by atoms with van der Waals surface area (Å²) in [7, 11) is 0. The molecular formula is C58H112O6. The van der Waals surface area contributed by atoms with Crippen LogP contribution in [0.3, 0.4) is 0 Å². The summed E-state index contributed by atoms with van der Waals surface area (Å²) in [6.07, 6.45) is 50.9. The fourth-order valence-electron chi connectivity index (χ4n) is 8.82. The first kappa shape index (κ1) is 62.4. The van der Waals surface area contributed by atoms with E-state index in [1.807, 2.05) is 0 Å². The number of carbonyl (C=O) groups is 3. The van der Waals surface area contributed by atoms with Crippen molar-refractivity contribution in [1.82, 2.24) is 0 Å². The zero-order valence-electron chi connectivity index (χ0n) is 44.1. The molecule has 0 aromatic rings. The summed E-state index contributed by atoms with van der Waals surface area (Å²) in [5.41, 5.74) is 0. The number of ether oxygens (including phenoxy) is 3. The van der Waals surface area contributed by atoms with Crippen molar-refractivity contribution in [2.45, 2.75) is 324 Å². The van der Waals surface area contributed by atoms with Gasteiger partial charge in [0.25, 0.3) is 0 Å². The lowest BCUT2D eigenvalue weighted by molar-refractivity contribution is -0.167. The van der Waals surface area contributed by atoms with Crippen LogP contribution in [-0.4, -0.2) is 37.2 Å². The lowest BCUT2D eigenvalue weighted by Gasteiger charge is -2.18. The highest BCUT2D eigenvalue weighted by Crippen LogP contribution is 2.18. The smallest absolute Gasteiger partial charge is 0.306 e. The van der Waals surface area contributed by atoms with E-state index in [9.17, 15) is 14.4 Å². The maximum atomic E-state index is 12.8. The molecule has 0 aromatic heterocycles. The second-order valence-electron chi connectivity index (χ2n) is 21.4. The van der Waals surface area contributed by atoms with Gasteiger partial charge in [-0.2, -0.15) is 0 Å². The van der Waals surface area contributed by atoms with E-state index in [4.69, 9.17) is 14.2 Å². The summed E-state index contributed by atoms with van der Waals surface area (Å²) in [5, 5.41) is 0. The summed E-state index contributed by atoms with van der Waals surface area (Å²) >= 11 is 0. The Morgan fingerprint density at radius 3 is 0.672 bits per heavy atom. The van der Waals surface area contributed by atoms with E-state index in [0.717, 1.165) is 75.5 Å². The van der Waals surface area contributed by atoms with E-state index in [1.165, 1.54) is 199 Å². The van der Waals surface area contributed by atoms with Crippen molar-refractivity contribution in [3.8, 4) is 0 Å². The fraction of sp³-hybridized carbons (Fsp3) is 0.948. The van der Waals surface area contributed by atoms with Gasteiger partial charge in [0, 0.05) is 19.3 Å². The molecule has 0 saturated carbocycles. The normalized spacial score (nSPS) is 12.1. The summed E-state index contributed by atoms with van der Waals surface area (Å²) in [6, 6.07) is 0. The Kier molecular flexibility index (Phi) is 48.1. The number of rotatable bonds is 51. The van der Waals surface area contributed by atoms with Gasteiger partial charge in [-0.1, -0.05) is 279 Å². The fourth-order valence-corrected chi connectivity index (χ4v) is 8.82. The van der Waals surface area contributed by atoms with Gasteiger partial charge in [-0.15, -0.1) is 0 Å². The summed E-state index contributed by atoms with van der Waals surface area (Å²) in [6.45, 7) is 13.8. The number of carbonyl (C=O) groups excluding carboxylic acids is 3. The first-order valence-electron chi connectivity index (χ1n) is 28.6. The van der Waals surface area contributed by atoms with E-state index in [2.05, 4.69) is 41.5 Å². The summed E-state index contributed by atoms with van der Waals surface area (Å²) < 4.78 is 16.9. The number of hydrogen-bond acceptors (Lipinski definition) is 6. The molecule has 0 aliphatic heterocycles. The van der Waals surface area contributed by atoms with Gasteiger partial charge in [0.05, 0.1) is 0 Å². The molecule has 0 spiro atoms. The lowest BCUT2D eigenvalue weighted by atomic mass is 10.0. The number of esters is 3. The van der Waals surface area contributed by atoms with Gasteiger partial charge in [-0.25, -0.2) is 0 Å². The molecule has 0 aliphatic carbocycles. The van der Waals surface area contributed by atoms with Crippen LogP contribution in [0.5, 0.6) is 0 Å². The van der Waals surface area contributed by atoms with Crippen molar-refractivity contribution < 1.29 is 28.6 Å². The Hall–Kier alpha value is -1.59. The van der Waals surface area contributed by atoms with Crippen LogP contribution in [0.2, 0.25) is 0 Å². The zero-order valence-corrected chi connectivity index (χ0v) is 44.1. The lowest BCUT2D eigenvalue weighted by Crippen LogP contribution is -2.30. The van der Waals surface area contributed by atoms with Crippen LogP contribution in [0.4, 0.5) is 0 Å². The highest BCUT2D eigenvalue weighted by atomic mass is 16.6. The molecule has 0 amide bonds. The van der Waals surface area contributed by atoms with Crippen molar-refractivity contribution in [3.05, 3.63) is 0 Å². The van der Waals surface area contributed by atoms with E-state index in [-0.39, 0.29) is 31.1 Å². The Balaban J connectivity index is 4.29. The third-order valence-electron chi connectivity index (χ3n) is 13.1. The predicted molar refractivity (Wildman–Crippen MR) is 275 cm³/mol. The molecule has 0 unspecified atom stereocenters. The van der Waals surface area contributed by atoms with Crippen LogP contribution in [0, 0.1) is 17.8 Å². The zero-order chi connectivity index (χ0) is 47.0. The molecule has 0 aliphatic rings. The van der Waals surface area contributed by atoms with Crippen molar-refractivity contribution in [1.29, 1.82) is 0 Å². The van der Waals surface area contributed by atoms with Gasteiger partial charge < -0.3 is 14.2 Å². The average Bonchev–Trinajstić information content (AvgIpc) is 3.25. The van der Waals surface area contributed by atoms with Crippen LogP contribution in [0.1, 0.15) is 318 Å². The minimum Gasteiger partial charge on any atom is -0.462 e. The van der Waals surface area contributed by atoms with Gasteiger partial charge in [0.2, 0.25) is 0 Å². The Labute approximate surface area is 399 Å². The highest BCUT2D eigenvalue weighted by molar-refractivity contribution is 5.71. The highest BCUT2D eigenvalue weighted by Gasteiger charge is 2.19. The SMILES string of the molecule is CC(C)CCCCCCCCCCCCCCCCC(=O)OC[C@@H](COC(=O)CCCCCCCCCCCCCCCC(C)C)OC(=O)CCCCCCCCCCCCC(C)C. The van der Waals surface area contributed by atoms with Crippen molar-refractivity contribution in [2.24, 2.45) is 17.8 Å². The standard InChI is InChI=1S/C58H112O6/c1-52(2)44-38-32-26-20-14-10-7-8-12-16-23-29-35-41-47-56(59)62-50-55(64-58(61)49-43-37-31-25-19-18-22-28-34-40-46-54(5)6)51-63-57(60)48-42-36-30-24-17-13-9-11-15-21-27-33-39-45-53(3)4/h52-55H,7-51H2,1-6H3/t55-/m0/s1. The topological polar surface area (TPSA) is 78.9 Å². The molecular weight excluding hydrogens is 793 g/mol. The minimum absolute atomic E-state index is 0.0637. The Morgan fingerprint density at radius 1 is 0.266 bits per heavy atom. The van der Waals surface area contributed by atoms with Gasteiger partial charge in [0.1, 0.15) is 13.2 Å². The largest absolute Gasteiger partial charge is 0.462 e. The van der Waals surface area contributed by atoms with Crippen LogP contribution >= 0.6 is 0 Å². The second kappa shape index (κ2) is 49.3. The number of unbranched alkanes of at least 4 members (excludes halogenated alkanes) is 34. The monoisotopic (exact) mass is 905 g/mol. The van der Waals surface area contributed by atoms with E-state index < -0.39 is 6.10 Å². The van der Waals surface area contributed by atoms with Gasteiger partial charge in [-0.3, -0.25) is 14.4 Å².